The topological polar surface area (TPSA) is 74.3 Å². The van der Waals surface area contributed by atoms with Crippen LogP contribution in [0.2, 0.25) is 0 Å². The molecule has 17 heavy (non-hydrogen) atoms. The molecule has 0 saturated heterocycles. The quantitative estimate of drug-likeness (QED) is 0.622. The first-order chi connectivity index (χ1) is 8.07. The van der Waals surface area contributed by atoms with Gasteiger partial charge in [0.15, 0.2) is 3.57 Å². The van der Waals surface area contributed by atoms with Crippen molar-refractivity contribution in [1.82, 2.24) is 9.20 Å². The second kappa shape index (κ2) is 4.37. The predicted molar refractivity (Wildman–Crippen MR) is 67.4 cm³/mol. The number of nitrogens with zero attached hydrogens (tertiary/aromatic N) is 4. The number of aromatic hydroxyl groups is 1. The van der Waals surface area contributed by atoms with Gasteiger partial charge in [0.1, 0.15) is 6.54 Å². The Morgan fingerprint density at radius 1 is 1.65 bits per heavy atom. The van der Waals surface area contributed by atoms with E-state index >= 15 is 0 Å². The highest BCUT2D eigenvalue weighted by molar-refractivity contribution is 14.1. The van der Waals surface area contributed by atoms with Crippen LogP contribution in [0.15, 0.2) is 17.1 Å². The molecule has 0 unspecified atom stereocenters. The lowest BCUT2D eigenvalue weighted by molar-refractivity contribution is -0.680. The molecular formula is C10H10IN4O2+. The lowest BCUT2D eigenvalue weighted by atomic mass is 10.4. The van der Waals surface area contributed by atoms with Gasteiger partial charge in [0.2, 0.25) is 0 Å². The first-order valence-corrected chi connectivity index (χ1v) is 6.01. The van der Waals surface area contributed by atoms with E-state index in [2.05, 4.69) is 0 Å². The van der Waals surface area contributed by atoms with Crippen LogP contribution in [0.25, 0.3) is 5.65 Å². The summed E-state index contributed by atoms with van der Waals surface area (Å²) in [5.41, 5.74) is 0.310. The van der Waals surface area contributed by atoms with Gasteiger partial charge in [-0.1, -0.05) is 4.52 Å². The Labute approximate surface area is 110 Å². The fourth-order valence-corrected chi connectivity index (χ4v) is 2.24. The summed E-state index contributed by atoms with van der Waals surface area (Å²) in [4.78, 5) is 12.0. The number of halogens is 1. The molecule has 0 radical (unpaired) electrons. The summed E-state index contributed by atoms with van der Waals surface area (Å²) < 4.78 is 4.91. The number of fused-ring (bicyclic) bond motifs is 1. The molecule has 88 valence electrons. The van der Waals surface area contributed by atoms with Crippen LogP contribution in [0, 0.1) is 14.9 Å². The maximum absolute atomic E-state index is 12.0. The zero-order valence-electron chi connectivity index (χ0n) is 9.09. The van der Waals surface area contributed by atoms with Crippen molar-refractivity contribution in [1.29, 1.82) is 5.26 Å². The minimum atomic E-state index is -0.265. The van der Waals surface area contributed by atoms with Crippen LogP contribution in [0.4, 0.5) is 0 Å². The lowest BCUT2D eigenvalue weighted by Gasteiger charge is -2.03. The van der Waals surface area contributed by atoms with Gasteiger partial charge in [-0.05, 0) is 22.6 Å². The number of hydrogen-bond acceptors (Lipinski definition) is 3. The molecule has 0 spiro atoms. The van der Waals surface area contributed by atoms with Gasteiger partial charge in [-0.25, -0.2) is 9.48 Å². The number of aryl methyl sites for hydroxylation is 2. The molecule has 0 aromatic carbocycles. The van der Waals surface area contributed by atoms with E-state index in [9.17, 15) is 9.90 Å². The molecule has 2 aromatic heterocycles. The fourth-order valence-electron chi connectivity index (χ4n) is 1.72. The van der Waals surface area contributed by atoms with Crippen molar-refractivity contribution >= 4 is 28.2 Å². The summed E-state index contributed by atoms with van der Waals surface area (Å²) in [6.07, 6.45) is 2.01. The summed E-state index contributed by atoms with van der Waals surface area (Å²) in [5.74, 6) is -0.0861. The zero-order valence-corrected chi connectivity index (χ0v) is 11.2. The molecule has 6 nitrogen and oxygen atoms in total. The monoisotopic (exact) mass is 345 g/mol. The Morgan fingerprint density at radius 3 is 3.00 bits per heavy atom. The Kier molecular flexibility index (Phi) is 3.06. The van der Waals surface area contributed by atoms with E-state index in [1.54, 1.807) is 28.6 Å². The predicted octanol–water partition coefficient (Wildman–Crippen LogP) is 0.149. The average molecular weight is 345 g/mol. The molecule has 0 saturated carbocycles. The molecular weight excluding hydrogens is 335 g/mol. The van der Waals surface area contributed by atoms with Crippen molar-refractivity contribution in [2.24, 2.45) is 7.05 Å². The number of hydrogen-bond donors (Lipinski definition) is 1. The molecule has 2 rings (SSSR count). The van der Waals surface area contributed by atoms with Gasteiger partial charge >= 0.3 is 17.1 Å². The molecule has 0 bridgehead atoms. The van der Waals surface area contributed by atoms with Crippen LogP contribution in [-0.4, -0.2) is 14.3 Å². The van der Waals surface area contributed by atoms with Crippen LogP contribution in [0.1, 0.15) is 6.42 Å². The highest BCUT2D eigenvalue weighted by Gasteiger charge is 2.23. The van der Waals surface area contributed by atoms with E-state index in [1.807, 2.05) is 28.7 Å². The van der Waals surface area contributed by atoms with Crippen molar-refractivity contribution in [3.63, 3.8) is 0 Å². The first kappa shape index (κ1) is 11.9. The van der Waals surface area contributed by atoms with E-state index < -0.39 is 0 Å². The first-order valence-electron chi connectivity index (χ1n) is 4.93. The number of rotatable bonds is 2. The third-order valence-corrected chi connectivity index (χ3v) is 3.47. The molecule has 0 fully saturated rings. The SMILES string of the molecule is Cn1ccc2n1c(=O)c(I)c(O)[n+]2CCC#N. The minimum Gasteiger partial charge on any atom is -0.477 e. The summed E-state index contributed by atoms with van der Waals surface area (Å²) >= 11 is 1.81. The van der Waals surface area contributed by atoms with Crippen molar-refractivity contribution in [3.8, 4) is 11.9 Å². The normalized spacial score (nSPS) is 10.6. The Morgan fingerprint density at radius 2 is 2.35 bits per heavy atom. The molecule has 0 aliphatic heterocycles. The lowest BCUT2D eigenvalue weighted by Crippen LogP contribution is -2.41. The highest BCUT2D eigenvalue weighted by atomic mass is 127. The van der Waals surface area contributed by atoms with Crippen LogP contribution in [-0.2, 0) is 13.6 Å². The van der Waals surface area contributed by atoms with E-state index in [0.717, 1.165) is 0 Å². The van der Waals surface area contributed by atoms with E-state index in [-0.39, 0.29) is 21.4 Å². The fraction of sp³-hybridized carbons (Fsp3) is 0.300. The van der Waals surface area contributed by atoms with Crippen molar-refractivity contribution in [3.05, 3.63) is 26.2 Å². The Bertz CT molecular complexity index is 680. The average Bonchev–Trinajstić information content (AvgIpc) is 2.69. The summed E-state index contributed by atoms with van der Waals surface area (Å²) in [7, 11) is 1.75. The Balaban J connectivity index is 2.83. The smallest absolute Gasteiger partial charge is 0.378 e. The van der Waals surface area contributed by atoms with Gasteiger partial charge in [0.25, 0.3) is 0 Å². The van der Waals surface area contributed by atoms with Crippen LogP contribution in [0.3, 0.4) is 0 Å². The van der Waals surface area contributed by atoms with Gasteiger partial charge in [0.05, 0.1) is 24.8 Å². The Hall–Kier alpha value is -1.56. The van der Waals surface area contributed by atoms with E-state index in [0.29, 0.717) is 12.2 Å². The molecule has 0 aliphatic rings. The zero-order chi connectivity index (χ0) is 12.6. The molecule has 0 amide bonds. The second-order valence-electron chi connectivity index (χ2n) is 3.56. The maximum Gasteiger partial charge on any atom is 0.378 e. The van der Waals surface area contributed by atoms with Gasteiger partial charge in [0, 0.05) is 7.05 Å². The third kappa shape index (κ3) is 1.78. The molecule has 1 N–H and O–H groups in total. The summed E-state index contributed by atoms with van der Waals surface area (Å²) in [6, 6.07) is 3.75. The van der Waals surface area contributed by atoms with Crippen molar-refractivity contribution < 1.29 is 9.67 Å². The second-order valence-corrected chi connectivity index (χ2v) is 4.64. The van der Waals surface area contributed by atoms with Gasteiger partial charge < -0.3 is 5.11 Å². The van der Waals surface area contributed by atoms with Gasteiger partial charge in [-0.15, -0.1) is 0 Å². The van der Waals surface area contributed by atoms with Crippen LogP contribution in [0.5, 0.6) is 5.88 Å². The van der Waals surface area contributed by atoms with E-state index in [4.69, 9.17) is 5.26 Å². The third-order valence-electron chi connectivity index (χ3n) is 2.53. The van der Waals surface area contributed by atoms with Crippen LogP contribution >= 0.6 is 22.6 Å². The van der Waals surface area contributed by atoms with E-state index in [1.165, 1.54) is 4.52 Å². The maximum atomic E-state index is 12.0. The molecule has 2 heterocycles. The minimum absolute atomic E-state index is 0.0861. The molecule has 2 aromatic rings. The molecule has 0 aliphatic carbocycles. The number of nitriles is 1. The standard InChI is InChI=1S/C10H9IN4O2/c1-13-6-3-7-14(5-2-4-12)9(16)8(11)10(17)15(7)13/h3,6H,2,5H2,1H3/p+1. The highest BCUT2D eigenvalue weighted by Crippen LogP contribution is 2.11. The summed E-state index contributed by atoms with van der Waals surface area (Å²) in [5, 5.41) is 18.5. The van der Waals surface area contributed by atoms with Crippen LogP contribution < -0.4 is 10.1 Å². The number of aromatic nitrogens is 3. The van der Waals surface area contributed by atoms with Crippen molar-refractivity contribution in [2.75, 3.05) is 0 Å². The molecule has 0 atom stereocenters. The summed E-state index contributed by atoms with van der Waals surface area (Å²) in [6.45, 7) is 0.353. The largest absolute Gasteiger partial charge is 0.477 e. The van der Waals surface area contributed by atoms with Crippen molar-refractivity contribution in [2.45, 2.75) is 13.0 Å². The van der Waals surface area contributed by atoms with Gasteiger partial charge in [-0.2, -0.15) is 9.83 Å². The molecule has 7 heteroatoms. The van der Waals surface area contributed by atoms with Gasteiger partial charge in [-0.3, -0.25) is 0 Å².